The van der Waals surface area contributed by atoms with E-state index in [2.05, 4.69) is 5.32 Å². The van der Waals surface area contributed by atoms with Gasteiger partial charge in [-0.15, -0.1) is 0 Å². The highest BCUT2D eigenvalue weighted by Crippen LogP contribution is 2.30. The first-order valence-corrected chi connectivity index (χ1v) is 8.00. The Balaban J connectivity index is 1.58. The normalized spacial score (nSPS) is 12.2. The SMILES string of the molecule is CC(=O)Nc1ccc(C(=O)COC(=O)c2ccc3c(c2)OCCO3)cc1. The Morgan fingerprint density at radius 2 is 1.62 bits per heavy atom. The summed E-state index contributed by atoms with van der Waals surface area (Å²) in [6.45, 7) is 1.90. The molecule has 1 aliphatic heterocycles. The van der Waals surface area contributed by atoms with Gasteiger partial charge in [0.2, 0.25) is 5.91 Å². The number of Topliss-reactive ketones (excluding diaryl/α,β-unsaturated/α-hetero) is 1. The molecule has 2 aromatic rings. The number of carbonyl (C=O) groups excluding carboxylic acids is 3. The fourth-order valence-electron chi connectivity index (χ4n) is 2.41. The van der Waals surface area contributed by atoms with E-state index in [0.29, 0.717) is 36.0 Å². The first-order valence-electron chi connectivity index (χ1n) is 8.00. The molecule has 0 aliphatic carbocycles. The lowest BCUT2D eigenvalue weighted by Gasteiger charge is -2.18. The van der Waals surface area contributed by atoms with Gasteiger partial charge in [0, 0.05) is 18.2 Å². The summed E-state index contributed by atoms with van der Waals surface area (Å²) in [4.78, 5) is 35.2. The number of amides is 1. The Morgan fingerprint density at radius 1 is 0.962 bits per heavy atom. The predicted molar refractivity (Wildman–Crippen MR) is 92.8 cm³/mol. The molecule has 0 radical (unpaired) electrons. The maximum Gasteiger partial charge on any atom is 0.338 e. The smallest absolute Gasteiger partial charge is 0.338 e. The van der Waals surface area contributed by atoms with E-state index in [1.54, 1.807) is 36.4 Å². The van der Waals surface area contributed by atoms with E-state index in [1.165, 1.54) is 13.0 Å². The number of anilines is 1. The lowest BCUT2D eigenvalue weighted by Crippen LogP contribution is -2.17. The van der Waals surface area contributed by atoms with Crippen LogP contribution in [0.2, 0.25) is 0 Å². The van der Waals surface area contributed by atoms with Crippen LogP contribution in [-0.2, 0) is 9.53 Å². The molecule has 1 N–H and O–H groups in total. The van der Waals surface area contributed by atoms with Crippen molar-refractivity contribution >= 4 is 23.3 Å². The van der Waals surface area contributed by atoms with Gasteiger partial charge in [0.25, 0.3) is 0 Å². The minimum absolute atomic E-state index is 0.197. The number of ketones is 1. The van der Waals surface area contributed by atoms with Crippen molar-refractivity contribution in [1.29, 1.82) is 0 Å². The third kappa shape index (κ3) is 4.18. The van der Waals surface area contributed by atoms with Crippen molar-refractivity contribution < 1.29 is 28.6 Å². The van der Waals surface area contributed by atoms with E-state index in [4.69, 9.17) is 14.2 Å². The molecular weight excluding hydrogens is 338 g/mol. The van der Waals surface area contributed by atoms with Crippen LogP contribution in [0.1, 0.15) is 27.6 Å². The van der Waals surface area contributed by atoms with Crippen LogP contribution in [0.15, 0.2) is 42.5 Å². The first kappa shape index (κ1) is 17.5. The largest absolute Gasteiger partial charge is 0.486 e. The molecule has 2 aromatic carbocycles. The van der Waals surface area contributed by atoms with Crippen LogP contribution in [0, 0.1) is 0 Å². The summed E-state index contributed by atoms with van der Waals surface area (Å²) >= 11 is 0. The summed E-state index contributed by atoms with van der Waals surface area (Å²) in [5.74, 6) is -0.110. The van der Waals surface area contributed by atoms with Gasteiger partial charge in [0.05, 0.1) is 5.56 Å². The third-order valence-corrected chi connectivity index (χ3v) is 3.64. The summed E-state index contributed by atoms with van der Waals surface area (Å²) in [6, 6.07) is 11.1. The molecule has 0 saturated carbocycles. The molecule has 0 aromatic heterocycles. The first-order chi connectivity index (χ1) is 12.5. The molecule has 134 valence electrons. The maximum absolute atomic E-state index is 12.1. The quantitative estimate of drug-likeness (QED) is 0.654. The van der Waals surface area contributed by atoms with Crippen LogP contribution in [0.5, 0.6) is 11.5 Å². The fourth-order valence-corrected chi connectivity index (χ4v) is 2.41. The molecule has 7 nitrogen and oxygen atoms in total. The highest BCUT2D eigenvalue weighted by atomic mass is 16.6. The molecule has 3 rings (SSSR count). The lowest BCUT2D eigenvalue weighted by molar-refractivity contribution is -0.114. The molecular formula is C19H17NO6. The molecule has 1 amide bonds. The Bertz CT molecular complexity index is 844. The van der Waals surface area contributed by atoms with Gasteiger partial charge in [0.1, 0.15) is 13.2 Å². The fraction of sp³-hybridized carbons (Fsp3) is 0.211. The van der Waals surface area contributed by atoms with Crippen LogP contribution in [0.4, 0.5) is 5.69 Å². The van der Waals surface area contributed by atoms with E-state index >= 15 is 0 Å². The van der Waals surface area contributed by atoms with Crippen molar-refractivity contribution in [2.45, 2.75) is 6.92 Å². The van der Waals surface area contributed by atoms with Crippen molar-refractivity contribution in [3.8, 4) is 11.5 Å². The number of nitrogens with one attached hydrogen (secondary N) is 1. The zero-order valence-corrected chi connectivity index (χ0v) is 14.1. The number of rotatable bonds is 5. The molecule has 0 saturated heterocycles. The summed E-state index contributed by atoms with van der Waals surface area (Å²) < 4.78 is 15.9. The minimum atomic E-state index is -0.620. The Morgan fingerprint density at radius 3 is 2.31 bits per heavy atom. The predicted octanol–water partition coefficient (Wildman–Crippen LogP) is 2.46. The average Bonchev–Trinajstić information content (AvgIpc) is 2.65. The molecule has 7 heteroatoms. The highest BCUT2D eigenvalue weighted by Gasteiger charge is 2.17. The molecule has 0 spiro atoms. The van der Waals surface area contributed by atoms with E-state index in [0.717, 1.165) is 0 Å². The van der Waals surface area contributed by atoms with E-state index < -0.39 is 5.97 Å². The number of carbonyl (C=O) groups is 3. The number of hydrogen-bond acceptors (Lipinski definition) is 6. The Kier molecular flexibility index (Phi) is 5.17. The Labute approximate surface area is 149 Å². The number of benzene rings is 2. The van der Waals surface area contributed by atoms with Crippen LogP contribution in [0.3, 0.4) is 0 Å². The lowest BCUT2D eigenvalue weighted by atomic mass is 10.1. The zero-order chi connectivity index (χ0) is 18.5. The monoisotopic (exact) mass is 355 g/mol. The van der Waals surface area contributed by atoms with Crippen molar-refractivity contribution in [3.05, 3.63) is 53.6 Å². The second kappa shape index (κ2) is 7.69. The second-order valence-corrected chi connectivity index (χ2v) is 5.62. The number of fused-ring (bicyclic) bond motifs is 1. The van der Waals surface area contributed by atoms with E-state index in [-0.39, 0.29) is 23.9 Å². The van der Waals surface area contributed by atoms with Crippen molar-refractivity contribution in [2.75, 3.05) is 25.1 Å². The third-order valence-electron chi connectivity index (χ3n) is 3.64. The molecule has 26 heavy (non-hydrogen) atoms. The maximum atomic E-state index is 12.1. The number of hydrogen-bond donors (Lipinski definition) is 1. The van der Waals surface area contributed by atoms with Gasteiger partial charge in [-0.2, -0.15) is 0 Å². The minimum Gasteiger partial charge on any atom is -0.486 e. The standard InChI is InChI=1S/C19H17NO6/c1-12(21)20-15-5-2-13(3-6-15)16(22)11-26-19(23)14-4-7-17-18(10-14)25-9-8-24-17/h2-7,10H,8-9,11H2,1H3,(H,20,21). The number of ether oxygens (including phenoxy) is 3. The molecule has 1 heterocycles. The van der Waals surface area contributed by atoms with Crippen molar-refractivity contribution in [1.82, 2.24) is 0 Å². The van der Waals surface area contributed by atoms with E-state index in [1.807, 2.05) is 0 Å². The van der Waals surface area contributed by atoms with Crippen LogP contribution in [0.25, 0.3) is 0 Å². The summed E-state index contributed by atoms with van der Waals surface area (Å²) in [5.41, 5.74) is 1.25. The van der Waals surface area contributed by atoms with Gasteiger partial charge in [-0.05, 0) is 42.5 Å². The summed E-state index contributed by atoms with van der Waals surface area (Å²) in [7, 11) is 0. The Hall–Kier alpha value is -3.35. The van der Waals surface area contributed by atoms with Gasteiger partial charge in [-0.25, -0.2) is 4.79 Å². The topological polar surface area (TPSA) is 90.9 Å². The van der Waals surface area contributed by atoms with Crippen LogP contribution < -0.4 is 14.8 Å². The van der Waals surface area contributed by atoms with Crippen molar-refractivity contribution in [2.24, 2.45) is 0 Å². The zero-order valence-electron chi connectivity index (χ0n) is 14.1. The van der Waals surface area contributed by atoms with Gasteiger partial charge in [-0.3, -0.25) is 9.59 Å². The summed E-state index contributed by atoms with van der Waals surface area (Å²) in [5, 5.41) is 2.61. The van der Waals surface area contributed by atoms with Gasteiger partial charge in [-0.1, -0.05) is 0 Å². The van der Waals surface area contributed by atoms with Crippen molar-refractivity contribution in [3.63, 3.8) is 0 Å². The van der Waals surface area contributed by atoms with Gasteiger partial charge < -0.3 is 19.5 Å². The van der Waals surface area contributed by atoms with Gasteiger partial charge in [0.15, 0.2) is 23.9 Å². The molecule has 0 atom stereocenters. The summed E-state index contributed by atoms with van der Waals surface area (Å²) in [6.07, 6.45) is 0. The van der Waals surface area contributed by atoms with E-state index in [9.17, 15) is 14.4 Å². The molecule has 0 unspecified atom stereocenters. The molecule has 0 bridgehead atoms. The molecule has 0 fully saturated rings. The average molecular weight is 355 g/mol. The van der Waals surface area contributed by atoms with Crippen LogP contribution >= 0.6 is 0 Å². The number of esters is 1. The highest BCUT2D eigenvalue weighted by molar-refractivity contribution is 6.00. The van der Waals surface area contributed by atoms with Gasteiger partial charge >= 0.3 is 5.97 Å². The second-order valence-electron chi connectivity index (χ2n) is 5.62. The molecule has 1 aliphatic rings. The van der Waals surface area contributed by atoms with Crippen LogP contribution in [-0.4, -0.2) is 37.5 Å².